The van der Waals surface area contributed by atoms with Crippen molar-refractivity contribution in [3.05, 3.63) is 42.0 Å². The number of nitrogens with zero attached hydrogens (tertiary/aromatic N) is 3. The van der Waals surface area contributed by atoms with Gasteiger partial charge in [-0.15, -0.1) is 0 Å². The van der Waals surface area contributed by atoms with Crippen molar-refractivity contribution in [2.45, 2.75) is 13.8 Å². The fourth-order valence-corrected chi connectivity index (χ4v) is 3.14. The third-order valence-electron chi connectivity index (χ3n) is 5.08. The van der Waals surface area contributed by atoms with E-state index < -0.39 is 5.41 Å². The molecule has 1 saturated heterocycles. The highest BCUT2D eigenvalue weighted by molar-refractivity contribution is 6.04. The van der Waals surface area contributed by atoms with Gasteiger partial charge in [-0.1, -0.05) is 42.5 Å². The molecule has 1 heterocycles. The van der Waals surface area contributed by atoms with E-state index in [1.807, 2.05) is 42.1 Å². The van der Waals surface area contributed by atoms with Crippen molar-refractivity contribution in [3.8, 4) is 0 Å². The van der Waals surface area contributed by atoms with Gasteiger partial charge in [-0.3, -0.25) is 14.5 Å². The van der Waals surface area contributed by atoms with Crippen molar-refractivity contribution in [2.75, 3.05) is 59.9 Å². The maximum absolute atomic E-state index is 12.9. The Morgan fingerprint density at radius 1 is 1.11 bits per heavy atom. The molecular weight excluding hydrogens is 352 g/mol. The van der Waals surface area contributed by atoms with Gasteiger partial charge in [0.15, 0.2) is 0 Å². The summed E-state index contributed by atoms with van der Waals surface area (Å²) in [6, 6.07) is 10.2. The first-order chi connectivity index (χ1) is 13.3. The van der Waals surface area contributed by atoms with Crippen LogP contribution in [0.25, 0.3) is 6.08 Å². The lowest BCUT2D eigenvalue weighted by molar-refractivity contribution is -0.149. The summed E-state index contributed by atoms with van der Waals surface area (Å²) in [7, 11) is 3.91. The van der Waals surface area contributed by atoms with E-state index >= 15 is 0 Å². The SMILES string of the molecule is CN(C)CCNC(=O)C(C)(C)C(=O)N1CCN(C/C=C/c2ccccc2)CC1. The summed E-state index contributed by atoms with van der Waals surface area (Å²) in [4.78, 5) is 31.5. The minimum absolute atomic E-state index is 0.0886. The summed E-state index contributed by atoms with van der Waals surface area (Å²) in [5, 5.41) is 2.88. The number of piperazine rings is 1. The maximum Gasteiger partial charge on any atom is 0.237 e. The average molecular weight is 387 g/mol. The Kier molecular flexibility index (Phi) is 8.20. The number of carbonyl (C=O) groups excluding carboxylic acids is 2. The van der Waals surface area contributed by atoms with Crippen LogP contribution in [0.1, 0.15) is 19.4 Å². The molecule has 154 valence electrons. The summed E-state index contributed by atoms with van der Waals surface area (Å²) in [5.74, 6) is -0.290. The molecule has 2 amide bonds. The highest BCUT2D eigenvalue weighted by Crippen LogP contribution is 2.20. The number of hydrogen-bond donors (Lipinski definition) is 1. The highest BCUT2D eigenvalue weighted by Gasteiger charge is 2.39. The lowest BCUT2D eigenvalue weighted by atomic mass is 9.90. The lowest BCUT2D eigenvalue weighted by Gasteiger charge is -2.37. The molecule has 0 unspecified atom stereocenters. The van der Waals surface area contributed by atoms with Crippen molar-refractivity contribution in [3.63, 3.8) is 0 Å². The van der Waals surface area contributed by atoms with Crippen molar-refractivity contribution < 1.29 is 9.59 Å². The number of likely N-dealkylation sites (N-methyl/N-ethyl adjacent to an activating group) is 1. The van der Waals surface area contributed by atoms with Crippen molar-refractivity contribution in [1.82, 2.24) is 20.0 Å². The van der Waals surface area contributed by atoms with Crippen LogP contribution >= 0.6 is 0 Å². The molecule has 1 fully saturated rings. The zero-order chi connectivity index (χ0) is 20.6. The molecule has 1 aromatic rings. The number of carbonyl (C=O) groups is 2. The van der Waals surface area contributed by atoms with Crippen molar-refractivity contribution in [1.29, 1.82) is 0 Å². The third kappa shape index (κ3) is 6.46. The number of amides is 2. The molecule has 0 atom stereocenters. The number of benzene rings is 1. The van der Waals surface area contributed by atoms with E-state index in [0.29, 0.717) is 19.6 Å². The van der Waals surface area contributed by atoms with Crippen LogP contribution in [0.2, 0.25) is 0 Å². The molecule has 6 nitrogen and oxygen atoms in total. The number of nitrogens with one attached hydrogen (secondary N) is 1. The first kappa shape index (κ1) is 22.1. The van der Waals surface area contributed by atoms with Gasteiger partial charge in [0.05, 0.1) is 0 Å². The Labute approximate surface area is 169 Å². The van der Waals surface area contributed by atoms with E-state index in [-0.39, 0.29) is 11.8 Å². The van der Waals surface area contributed by atoms with E-state index in [9.17, 15) is 9.59 Å². The van der Waals surface area contributed by atoms with E-state index in [1.165, 1.54) is 5.56 Å². The van der Waals surface area contributed by atoms with Gasteiger partial charge in [-0.05, 0) is 33.5 Å². The Hall–Kier alpha value is -2.18. The van der Waals surface area contributed by atoms with Crippen LogP contribution in [0.3, 0.4) is 0 Å². The Bertz CT molecular complexity index is 662. The van der Waals surface area contributed by atoms with E-state index in [4.69, 9.17) is 0 Å². The Morgan fingerprint density at radius 3 is 2.36 bits per heavy atom. The molecule has 1 N–H and O–H groups in total. The average Bonchev–Trinajstić information content (AvgIpc) is 2.68. The summed E-state index contributed by atoms with van der Waals surface area (Å²) < 4.78 is 0. The molecule has 0 radical (unpaired) electrons. The van der Waals surface area contributed by atoms with Crippen LogP contribution in [0.15, 0.2) is 36.4 Å². The Morgan fingerprint density at radius 2 is 1.75 bits per heavy atom. The van der Waals surface area contributed by atoms with Gasteiger partial charge >= 0.3 is 0 Å². The molecule has 0 aromatic heterocycles. The predicted octanol–water partition coefficient (Wildman–Crippen LogP) is 1.55. The second-order valence-electron chi connectivity index (χ2n) is 8.09. The zero-order valence-electron chi connectivity index (χ0n) is 17.6. The zero-order valence-corrected chi connectivity index (χ0v) is 17.6. The van der Waals surface area contributed by atoms with Crippen LogP contribution in [-0.2, 0) is 9.59 Å². The standard InChI is InChI=1S/C22H34N4O2/c1-22(2,20(27)23-12-14-24(3)4)21(28)26-17-15-25(16-18-26)13-8-11-19-9-6-5-7-10-19/h5-11H,12-18H2,1-4H3,(H,23,27)/b11-8+. The fourth-order valence-electron chi connectivity index (χ4n) is 3.14. The summed E-state index contributed by atoms with van der Waals surface area (Å²) in [6.45, 7) is 8.57. The minimum atomic E-state index is -1.04. The molecule has 0 aliphatic carbocycles. The number of rotatable bonds is 8. The quantitative estimate of drug-likeness (QED) is 0.689. The Balaban J connectivity index is 1.78. The van der Waals surface area contributed by atoms with Gasteiger partial charge in [0, 0.05) is 45.8 Å². The molecule has 1 aliphatic heterocycles. The second kappa shape index (κ2) is 10.4. The van der Waals surface area contributed by atoms with E-state index in [0.717, 1.165) is 26.2 Å². The third-order valence-corrected chi connectivity index (χ3v) is 5.08. The normalized spacial score (nSPS) is 16.0. The van der Waals surface area contributed by atoms with Crippen LogP contribution in [0, 0.1) is 5.41 Å². The summed E-state index contributed by atoms with van der Waals surface area (Å²) in [6.07, 6.45) is 4.29. The van der Waals surface area contributed by atoms with Gasteiger partial charge in [0.2, 0.25) is 11.8 Å². The summed E-state index contributed by atoms with van der Waals surface area (Å²) >= 11 is 0. The molecule has 2 rings (SSSR count). The van der Waals surface area contributed by atoms with Gasteiger partial charge in [-0.25, -0.2) is 0 Å². The first-order valence-electron chi connectivity index (χ1n) is 9.97. The minimum Gasteiger partial charge on any atom is -0.354 e. The van der Waals surface area contributed by atoms with E-state index in [2.05, 4.69) is 34.5 Å². The molecular formula is C22H34N4O2. The van der Waals surface area contributed by atoms with Gasteiger partial charge < -0.3 is 15.1 Å². The van der Waals surface area contributed by atoms with Crippen LogP contribution in [0.4, 0.5) is 0 Å². The lowest BCUT2D eigenvalue weighted by Crippen LogP contribution is -2.55. The first-order valence-corrected chi connectivity index (χ1v) is 9.97. The van der Waals surface area contributed by atoms with Gasteiger partial charge in [-0.2, -0.15) is 0 Å². The maximum atomic E-state index is 12.9. The largest absolute Gasteiger partial charge is 0.354 e. The molecule has 28 heavy (non-hydrogen) atoms. The highest BCUT2D eigenvalue weighted by atomic mass is 16.2. The van der Waals surface area contributed by atoms with E-state index in [1.54, 1.807) is 13.8 Å². The van der Waals surface area contributed by atoms with Crippen LogP contribution in [0.5, 0.6) is 0 Å². The van der Waals surface area contributed by atoms with Crippen LogP contribution in [-0.4, -0.2) is 86.4 Å². The van der Waals surface area contributed by atoms with Crippen molar-refractivity contribution >= 4 is 17.9 Å². The van der Waals surface area contributed by atoms with Gasteiger partial charge in [0.1, 0.15) is 5.41 Å². The molecule has 0 spiro atoms. The smallest absolute Gasteiger partial charge is 0.237 e. The molecule has 0 bridgehead atoms. The van der Waals surface area contributed by atoms with Crippen LogP contribution < -0.4 is 5.32 Å². The molecule has 0 saturated carbocycles. The second-order valence-corrected chi connectivity index (χ2v) is 8.09. The molecule has 1 aliphatic rings. The molecule has 6 heteroatoms. The summed E-state index contributed by atoms with van der Waals surface area (Å²) in [5.41, 5.74) is 0.153. The van der Waals surface area contributed by atoms with Crippen molar-refractivity contribution in [2.24, 2.45) is 5.41 Å². The predicted molar refractivity (Wildman–Crippen MR) is 114 cm³/mol. The molecule has 1 aromatic carbocycles. The van der Waals surface area contributed by atoms with Gasteiger partial charge in [0.25, 0.3) is 0 Å². The monoisotopic (exact) mass is 386 g/mol. The number of hydrogen-bond acceptors (Lipinski definition) is 4. The fraction of sp³-hybridized carbons (Fsp3) is 0.545. The topological polar surface area (TPSA) is 55.9 Å².